The minimum absolute atomic E-state index is 0.0973. The van der Waals surface area contributed by atoms with Gasteiger partial charge in [-0.3, -0.25) is 4.79 Å². The van der Waals surface area contributed by atoms with Crippen LogP contribution >= 0.6 is 15.9 Å². The number of carbonyl (C=O) groups is 1. The molecular formula is C18H18BrN5O3. The summed E-state index contributed by atoms with van der Waals surface area (Å²) in [4.78, 5) is 22.8. The number of nitrogens with one attached hydrogen (secondary N) is 1. The first-order chi connectivity index (χ1) is 12.9. The molecule has 0 radical (unpaired) electrons. The van der Waals surface area contributed by atoms with Gasteiger partial charge in [-0.2, -0.15) is 4.68 Å². The molecule has 1 amide bonds. The van der Waals surface area contributed by atoms with Crippen molar-refractivity contribution >= 4 is 27.7 Å². The number of halogens is 1. The molecule has 0 aliphatic heterocycles. The molecule has 1 aromatic carbocycles. The number of aromatic nitrogens is 3. The number of nitrogens with zero attached hydrogens (tertiary/aromatic N) is 4. The predicted octanol–water partition coefficient (Wildman–Crippen LogP) is 3.53. The maximum Gasteiger partial charge on any atom is 0.404 e. The fourth-order valence-electron chi connectivity index (χ4n) is 2.75. The maximum atomic E-state index is 12.4. The smallest absolute Gasteiger partial charge is 0.358 e. The van der Waals surface area contributed by atoms with E-state index in [1.54, 1.807) is 6.92 Å². The van der Waals surface area contributed by atoms with Crippen LogP contribution in [0.2, 0.25) is 0 Å². The fourth-order valence-corrected chi connectivity index (χ4v) is 3.18. The van der Waals surface area contributed by atoms with E-state index in [1.165, 1.54) is 4.68 Å². The molecule has 140 valence electrons. The summed E-state index contributed by atoms with van der Waals surface area (Å²) in [5.74, 6) is -0.574. The van der Waals surface area contributed by atoms with Gasteiger partial charge in [0.15, 0.2) is 0 Å². The van der Waals surface area contributed by atoms with E-state index in [-0.39, 0.29) is 28.8 Å². The van der Waals surface area contributed by atoms with E-state index in [4.69, 9.17) is 0 Å². The van der Waals surface area contributed by atoms with Crippen LogP contribution in [0, 0.1) is 17.0 Å². The van der Waals surface area contributed by atoms with E-state index in [0.29, 0.717) is 5.69 Å². The van der Waals surface area contributed by atoms with Crippen molar-refractivity contribution in [1.29, 1.82) is 0 Å². The van der Waals surface area contributed by atoms with E-state index in [9.17, 15) is 14.9 Å². The van der Waals surface area contributed by atoms with Crippen molar-refractivity contribution in [2.24, 2.45) is 0 Å². The van der Waals surface area contributed by atoms with E-state index >= 15 is 0 Å². The zero-order valence-corrected chi connectivity index (χ0v) is 16.4. The van der Waals surface area contributed by atoms with Crippen molar-refractivity contribution in [2.75, 3.05) is 0 Å². The molecule has 8 nitrogen and oxygen atoms in total. The van der Waals surface area contributed by atoms with Gasteiger partial charge in [0, 0.05) is 18.1 Å². The third kappa shape index (κ3) is 4.08. The van der Waals surface area contributed by atoms with Crippen molar-refractivity contribution < 1.29 is 9.72 Å². The lowest BCUT2D eigenvalue weighted by atomic mass is 10.1. The van der Waals surface area contributed by atoms with Crippen molar-refractivity contribution in [2.45, 2.75) is 26.4 Å². The summed E-state index contributed by atoms with van der Waals surface area (Å²) in [7, 11) is 0. The minimum atomic E-state index is -0.582. The summed E-state index contributed by atoms with van der Waals surface area (Å²) in [6, 6.07) is 11.5. The van der Waals surface area contributed by atoms with E-state index in [0.717, 1.165) is 11.3 Å². The lowest BCUT2D eigenvalue weighted by Crippen LogP contribution is -2.30. The Bertz CT molecular complexity index is 981. The standard InChI is InChI=1S/C18H18BrN5O3/c1-12(14-6-5-7-15(10-14)22-8-3-4-9-22)20-16(25)11-23-13(2)17(19)18(21-23)24(26)27/h3-10,12H,11H2,1-2H3,(H,20,25). The van der Waals surface area contributed by atoms with Crippen LogP contribution in [0.5, 0.6) is 0 Å². The zero-order chi connectivity index (χ0) is 19.6. The zero-order valence-electron chi connectivity index (χ0n) is 14.8. The first-order valence-electron chi connectivity index (χ1n) is 8.26. The molecule has 27 heavy (non-hydrogen) atoms. The van der Waals surface area contributed by atoms with E-state index in [2.05, 4.69) is 26.3 Å². The van der Waals surface area contributed by atoms with Crippen LogP contribution in [0.15, 0.2) is 53.3 Å². The van der Waals surface area contributed by atoms with Gasteiger partial charge in [0.05, 0.1) is 16.8 Å². The van der Waals surface area contributed by atoms with Crippen LogP contribution in [0.1, 0.15) is 24.2 Å². The van der Waals surface area contributed by atoms with Gasteiger partial charge in [-0.1, -0.05) is 12.1 Å². The number of carbonyl (C=O) groups excluding carboxylic acids is 1. The van der Waals surface area contributed by atoms with Gasteiger partial charge in [0.25, 0.3) is 0 Å². The Hall–Kier alpha value is -2.94. The lowest BCUT2D eigenvalue weighted by molar-refractivity contribution is -0.390. The molecule has 0 saturated carbocycles. The summed E-state index contributed by atoms with van der Waals surface area (Å²) >= 11 is 3.15. The number of benzene rings is 1. The summed E-state index contributed by atoms with van der Waals surface area (Å²) in [5, 5.41) is 17.8. The molecule has 1 unspecified atom stereocenters. The van der Waals surface area contributed by atoms with Gasteiger partial charge in [0.1, 0.15) is 11.0 Å². The van der Waals surface area contributed by atoms with Crippen molar-refractivity contribution in [3.63, 3.8) is 0 Å². The Morgan fingerprint density at radius 1 is 1.33 bits per heavy atom. The van der Waals surface area contributed by atoms with Crippen LogP contribution in [0.3, 0.4) is 0 Å². The molecular weight excluding hydrogens is 414 g/mol. The molecule has 3 aromatic rings. The Kier molecular flexibility index (Phi) is 5.41. The molecule has 0 saturated heterocycles. The highest BCUT2D eigenvalue weighted by Crippen LogP contribution is 2.27. The Labute approximate surface area is 164 Å². The second kappa shape index (κ2) is 7.75. The molecule has 2 aromatic heterocycles. The molecule has 0 spiro atoms. The third-order valence-corrected chi connectivity index (χ3v) is 5.16. The molecule has 0 fully saturated rings. The van der Waals surface area contributed by atoms with Crippen LogP contribution in [0.4, 0.5) is 5.82 Å². The predicted molar refractivity (Wildman–Crippen MR) is 104 cm³/mol. The molecule has 0 bridgehead atoms. The number of amides is 1. The molecule has 0 aliphatic rings. The highest BCUT2D eigenvalue weighted by Gasteiger charge is 2.24. The summed E-state index contributed by atoms with van der Waals surface area (Å²) in [6.45, 7) is 3.46. The Balaban J connectivity index is 1.71. The van der Waals surface area contributed by atoms with E-state index < -0.39 is 4.92 Å². The largest absolute Gasteiger partial charge is 0.404 e. The molecule has 9 heteroatoms. The van der Waals surface area contributed by atoms with Crippen LogP contribution in [-0.4, -0.2) is 25.2 Å². The summed E-state index contributed by atoms with van der Waals surface area (Å²) < 4.78 is 3.59. The van der Waals surface area contributed by atoms with E-state index in [1.807, 2.05) is 60.3 Å². The second-order valence-electron chi connectivity index (χ2n) is 6.11. The highest BCUT2D eigenvalue weighted by atomic mass is 79.9. The lowest BCUT2D eigenvalue weighted by Gasteiger charge is -2.15. The fraction of sp³-hybridized carbons (Fsp3) is 0.222. The Morgan fingerprint density at radius 2 is 2.04 bits per heavy atom. The van der Waals surface area contributed by atoms with Gasteiger partial charge in [-0.25, -0.2) is 0 Å². The number of nitro groups is 1. The van der Waals surface area contributed by atoms with Gasteiger partial charge in [0.2, 0.25) is 5.91 Å². The summed E-state index contributed by atoms with van der Waals surface area (Å²) in [6.07, 6.45) is 3.90. The van der Waals surface area contributed by atoms with Gasteiger partial charge in [-0.05, 0) is 64.5 Å². The third-order valence-electron chi connectivity index (χ3n) is 4.23. The average molecular weight is 432 g/mol. The first-order valence-corrected chi connectivity index (χ1v) is 9.06. The maximum absolute atomic E-state index is 12.4. The molecule has 3 rings (SSSR count). The van der Waals surface area contributed by atoms with Gasteiger partial charge in [-0.15, -0.1) is 0 Å². The molecule has 1 atom stereocenters. The number of rotatable bonds is 6. The van der Waals surface area contributed by atoms with Crippen LogP contribution in [-0.2, 0) is 11.3 Å². The SMILES string of the molecule is Cc1c(Br)c([N+](=O)[O-])nn1CC(=O)NC(C)c1cccc(-n2cccc2)c1. The van der Waals surface area contributed by atoms with Crippen LogP contribution in [0.25, 0.3) is 5.69 Å². The van der Waals surface area contributed by atoms with Crippen LogP contribution < -0.4 is 5.32 Å². The second-order valence-corrected chi connectivity index (χ2v) is 6.91. The quantitative estimate of drug-likeness (QED) is 0.476. The van der Waals surface area contributed by atoms with Crippen molar-refractivity contribution in [3.8, 4) is 5.69 Å². The number of hydrogen-bond acceptors (Lipinski definition) is 4. The monoisotopic (exact) mass is 431 g/mol. The first kappa shape index (κ1) is 18.8. The van der Waals surface area contributed by atoms with Gasteiger partial charge < -0.3 is 20.0 Å². The average Bonchev–Trinajstić information content (AvgIpc) is 3.26. The minimum Gasteiger partial charge on any atom is -0.358 e. The topological polar surface area (TPSA) is 95.0 Å². The van der Waals surface area contributed by atoms with Gasteiger partial charge >= 0.3 is 5.82 Å². The highest BCUT2D eigenvalue weighted by molar-refractivity contribution is 9.10. The number of hydrogen-bond donors (Lipinski definition) is 1. The molecule has 0 aliphatic carbocycles. The van der Waals surface area contributed by atoms with Crippen molar-refractivity contribution in [3.05, 3.63) is 74.6 Å². The molecule has 1 N–H and O–H groups in total. The summed E-state index contributed by atoms with van der Waals surface area (Å²) in [5.41, 5.74) is 2.49. The Morgan fingerprint density at radius 3 is 2.67 bits per heavy atom. The molecule has 2 heterocycles. The van der Waals surface area contributed by atoms with Crippen molar-refractivity contribution in [1.82, 2.24) is 19.7 Å². The normalized spacial score (nSPS) is 12.0.